The summed E-state index contributed by atoms with van der Waals surface area (Å²) in [5.41, 5.74) is 0.236. The molecule has 0 fully saturated rings. The monoisotopic (exact) mass is 346 g/mol. The van der Waals surface area contributed by atoms with E-state index in [1.54, 1.807) is 0 Å². The number of rotatable bonds is 13. The predicted molar refractivity (Wildman–Crippen MR) is 88.7 cm³/mol. The Morgan fingerprint density at radius 1 is 0.958 bits per heavy atom. The Balaban J connectivity index is 0.00000529. The Labute approximate surface area is 168 Å². The Bertz CT molecular complexity index is 418. The van der Waals surface area contributed by atoms with Crippen molar-refractivity contribution in [2.24, 2.45) is 0 Å². The van der Waals surface area contributed by atoms with Crippen LogP contribution in [-0.2, 0) is 14.3 Å². The summed E-state index contributed by atoms with van der Waals surface area (Å²) in [6.07, 6.45) is 13.7. The van der Waals surface area contributed by atoms with E-state index in [1.165, 1.54) is 64.7 Å². The maximum Gasteiger partial charge on any atom is 1.00 e. The molecule has 4 nitrogen and oxygen atoms in total. The van der Waals surface area contributed by atoms with Gasteiger partial charge in [-0.05, 0) is 19.8 Å². The summed E-state index contributed by atoms with van der Waals surface area (Å²) in [4.78, 5) is 22.5. The molecule has 24 heavy (non-hydrogen) atoms. The Kier molecular flexibility index (Phi) is 13.7. The van der Waals surface area contributed by atoms with Gasteiger partial charge in [0.2, 0.25) is 0 Å². The first-order valence-electron chi connectivity index (χ1n) is 9.21. The van der Waals surface area contributed by atoms with Crippen molar-refractivity contribution in [3.63, 3.8) is 0 Å². The Hall–Kier alpha value is -0.320. The second kappa shape index (κ2) is 13.9. The molecule has 1 heterocycles. The first-order chi connectivity index (χ1) is 11.1. The minimum absolute atomic E-state index is 0. The molecular weight excluding hydrogens is 315 g/mol. The van der Waals surface area contributed by atoms with Crippen molar-refractivity contribution in [2.75, 3.05) is 0 Å². The van der Waals surface area contributed by atoms with E-state index in [0.29, 0.717) is 6.42 Å². The molecule has 0 aromatic carbocycles. The molecule has 0 radical (unpaired) electrons. The van der Waals surface area contributed by atoms with Gasteiger partial charge in [0, 0.05) is 11.1 Å². The average Bonchev–Trinajstić information content (AvgIpc) is 2.79. The van der Waals surface area contributed by atoms with Crippen molar-refractivity contribution in [3.8, 4) is 0 Å². The van der Waals surface area contributed by atoms with E-state index in [1.807, 2.05) is 0 Å². The number of unbranched alkanes of at least 4 members (excludes halogenated alkanes) is 10. The summed E-state index contributed by atoms with van der Waals surface area (Å²) in [6.45, 7) is 3.73. The molecule has 1 rings (SSSR count). The number of carbonyl (C=O) groups excluding carboxylic acids is 2. The van der Waals surface area contributed by atoms with Gasteiger partial charge in [-0.25, -0.2) is 4.79 Å². The first kappa shape index (κ1) is 23.7. The van der Waals surface area contributed by atoms with Gasteiger partial charge in [0.15, 0.2) is 0 Å². The van der Waals surface area contributed by atoms with Gasteiger partial charge in [-0.1, -0.05) is 71.1 Å². The molecular formula is C19H31NaO4. The molecule has 1 atom stereocenters. The second-order valence-corrected chi connectivity index (χ2v) is 6.54. The van der Waals surface area contributed by atoms with Crippen LogP contribution in [0.4, 0.5) is 0 Å². The standard InChI is InChI=1S/C19H32O4.Na/c1-3-4-5-6-7-8-9-10-11-12-13-14-16-17(18(20)21)15(2)19(22)23-16;/h16H,3-14H2,1-2H3,(H,20,21);/q;+1/p-1/t16-;/m0./s1. The van der Waals surface area contributed by atoms with Gasteiger partial charge in [-0.3, -0.25) is 0 Å². The van der Waals surface area contributed by atoms with E-state index >= 15 is 0 Å². The van der Waals surface area contributed by atoms with E-state index in [0.717, 1.165) is 12.8 Å². The molecule has 1 aliphatic rings. The number of cyclic esters (lactones) is 1. The number of ether oxygens (including phenoxy) is 1. The zero-order valence-corrected chi connectivity index (χ0v) is 17.7. The largest absolute Gasteiger partial charge is 1.00 e. The van der Waals surface area contributed by atoms with E-state index in [4.69, 9.17) is 4.74 Å². The molecule has 1 aliphatic heterocycles. The smallest absolute Gasteiger partial charge is 0.545 e. The topological polar surface area (TPSA) is 66.4 Å². The minimum Gasteiger partial charge on any atom is -0.545 e. The molecule has 0 aromatic heterocycles. The number of carboxylic acid groups (broad SMARTS) is 1. The number of hydrogen-bond donors (Lipinski definition) is 0. The van der Waals surface area contributed by atoms with Crippen LogP contribution in [0, 0.1) is 0 Å². The van der Waals surface area contributed by atoms with Crippen LogP contribution >= 0.6 is 0 Å². The molecule has 5 heteroatoms. The number of esters is 1. The van der Waals surface area contributed by atoms with Crippen molar-refractivity contribution >= 4 is 11.9 Å². The van der Waals surface area contributed by atoms with Crippen LogP contribution in [0.1, 0.15) is 90.9 Å². The SMILES string of the molecule is CCCCCCCCCCCCC[C@@H]1OC(=O)C(C)=C1C(=O)[O-].[Na+]. The van der Waals surface area contributed by atoms with Crippen molar-refractivity contribution in [3.05, 3.63) is 11.1 Å². The van der Waals surface area contributed by atoms with Crippen LogP contribution in [0.2, 0.25) is 0 Å². The van der Waals surface area contributed by atoms with Crippen LogP contribution in [0.5, 0.6) is 0 Å². The summed E-state index contributed by atoms with van der Waals surface area (Å²) >= 11 is 0. The fraction of sp³-hybridized carbons (Fsp3) is 0.789. The van der Waals surface area contributed by atoms with Gasteiger partial charge in [-0.2, -0.15) is 0 Å². The molecule has 0 aliphatic carbocycles. The molecule has 132 valence electrons. The number of carboxylic acids is 1. The van der Waals surface area contributed by atoms with Crippen LogP contribution in [-0.4, -0.2) is 18.0 Å². The predicted octanol–water partition coefficient (Wildman–Crippen LogP) is 0.683. The van der Waals surface area contributed by atoms with E-state index in [9.17, 15) is 14.7 Å². The normalized spacial score (nSPS) is 16.9. The van der Waals surface area contributed by atoms with Crippen LogP contribution < -0.4 is 34.7 Å². The maximum atomic E-state index is 11.4. The van der Waals surface area contributed by atoms with Gasteiger partial charge in [0.05, 0.1) is 5.97 Å². The molecule has 0 saturated heterocycles. The molecule has 0 unspecified atom stereocenters. The van der Waals surface area contributed by atoms with Crippen molar-refractivity contribution < 1.29 is 49.0 Å². The molecule has 0 N–H and O–H groups in total. The third-order valence-corrected chi connectivity index (χ3v) is 4.57. The second-order valence-electron chi connectivity index (χ2n) is 6.54. The number of carbonyl (C=O) groups is 2. The van der Waals surface area contributed by atoms with Gasteiger partial charge in [0.1, 0.15) is 6.10 Å². The summed E-state index contributed by atoms with van der Waals surface area (Å²) in [5, 5.41) is 11.1. The van der Waals surface area contributed by atoms with Crippen molar-refractivity contribution in [2.45, 2.75) is 97.0 Å². The van der Waals surface area contributed by atoms with Gasteiger partial charge in [-0.15, -0.1) is 0 Å². The fourth-order valence-corrected chi connectivity index (χ4v) is 3.11. The van der Waals surface area contributed by atoms with Crippen LogP contribution in [0.25, 0.3) is 0 Å². The quantitative estimate of drug-likeness (QED) is 0.279. The van der Waals surface area contributed by atoms with Gasteiger partial charge < -0.3 is 14.6 Å². The van der Waals surface area contributed by atoms with Crippen molar-refractivity contribution in [1.82, 2.24) is 0 Å². The van der Waals surface area contributed by atoms with Gasteiger partial charge in [0.25, 0.3) is 0 Å². The summed E-state index contributed by atoms with van der Waals surface area (Å²) in [6, 6.07) is 0. The minimum atomic E-state index is -1.28. The van der Waals surface area contributed by atoms with Gasteiger partial charge >= 0.3 is 35.5 Å². The molecule has 0 saturated carbocycles. The molecule has 0 bridgehead atoms. The Morgan fingerprint density at radius 2 is 1.42 bits per heavy atom. The fourth-order valence-electron chi connectivity index (χ4n) is 3.11. The van der Waals surface area contributed by atoms with E-state index < -0.39 is 18.0 Å². The third kappa shape index (κ3) is 8.68. The Morgan fingerprint density at radius 3 is 1.88 bits per heavy atom. The van der Waals surface area contributed by atoms with Crippen LogP contribution in [0.3, 0.4) is 0 Å². The number of hydrogen-bond acceptors (Lipinski definition) is 4. The summed E-state index contributed by atoms with van der Waals surface area (Å²) in [5.74, 6) is -1.79. The summed E-state index contributed by atoms with van der Waals surface area (Å²) < 4.78 is 5.11. The van der Waals surface area contributed by atoms with Crippen molar-refractivity contribution in [1.29, 1.82) is 0 Å². The molecule has 0 aromatic rings. The molecule has 0 amide bonds. The number of aliphatic carboxylic acids is 1. The summed E-state index contributed by atoms with van der Waals surface area (Å²) in [7, 11) is 0. The average molecular weight is 346 g/mol. The van der Waals surface area contributed by atoms with E-state index in [2.05, 4.69) is 6.92 Å². The first-order valence-corrected chi connectivity index (χ1v) is 9.21. The maximum absolute atomic E-state index is 11.4. The zero-order valence-electron chi connectivity index (χ0n) is 15.7. The van der Waals surface area contributed by atoms with E-state index in [-0.39, 0.29) is 40.7 Å². The van der Waals surface area contributed by atoms with Crippen LogP contribution in [0.15, 0.2) is 11.1 Å². The molecule has 0 spiro atoms. The zero-order chi connectivity index (χ0) is 17.1. The third-order valence-electron chi connectivity index (χ3n) is 4.57.